The Morgan fingerprint density at radius 2 is 1.03 bits per heavy atom. The molecular weight excluding hydrogens is 571 g/mol. The van der Waals surface area contributed by atoms with Crippen molar-refractivity contribution < 1.29 is 26.1 Å². The van der Waals surface area contributed by atoms with E-state index in [1.165, 1.54) is 36.4 Å². The number of benzene rings is 3. The first kappa shape index (κ1) is 25.8. The van der Waals surface area contributed by atoms with Crippen molar-refractivity contribution in [1.82, 2.24) is 0 Å². The zero-order valence-electron chi connectivity index (χ0n) is 15.3. The lowest BCUT2D eigenvalue weighted by Gasteiger charge is -2.15. The van der Waals surface area contributed by atoms with Gasteiger partial charge in [0.25, 0.3) is 10.1 Å². The Morgan fingerprint density at radius 3 is 1.34 bits per heavy atom. The Kier molecular flexibility index (Phi) is 7.94. The molecule has 0 amide bonds. The fraction of sp³-hybridized carbons (Fsp3) is 0.0526. The van der Waals surface area contributed by atoms with Gasteiger partial charge in [-0.15, -0.1) is 0 Å². The molecule has 0 aliphatic heterocycles. The molecule has 0 unspecified atom stereocenters. The molecule has 0 aliphatic carbocycles. The van der Waals surface area contributed by atoms with Crippen LogP contribution in [-0.2, 0) is 16.3 Å². The predicted octanol–water partition coefficient (Wildman–Crippen LogP) is 8.87. The van der Waals surface area contributed by atoms with E-state index in [0.717, 1.165) is 35.7 Å². The van der Waals surface area contributed by atoms with Gasteiger partial charge in [-0.3, -0.25) is 4.55 Å². The SMILES string of the molecule is O=S(=O)(O)c1ccc(Sc2c(Cl)c(Cl)c(Sc3ccc(C(F)(F)F)cc3)c(Cl)c2Cl)cc1. The molecule has 1 N–H and O–H groups in total. The Morgan fingerprint density at radius 1 is 0.688 bits per heavy atom. The molecule has 0 bridgehead atoms. The third-order valence-electron chi connectivity index (χ3n) is 3.93. The number of hydrogen-bond donors (Lipinski definition) is 1. The highest BCUT2D eigenvalue weighted by atomic mass is 35.5. The zero-order valence-corrected chi connectivity index (χ0v) is 20.7. The third-order valence-corrected chi connectivity index (χ3v) is 9.19. The van der Waals surface area contributed by atoms with Crippen LogP contribution < -0.4 is 0 Å². The molecule has 0 saturated heterocycles. The predicted molar refractivity (Wildman–Crippen MR) is 122 cm³/mol. The maximum absolute atomic E-state index is 12.8. The van der Waals surface area contributed by atoms with Crippen molar-refractivity contribution in [2.24, 2.45) is 0 Å². The average molecular weight is 580 g/mol. The molecular formula is C19H9Cl4F3O3S3. The average Bonchev–Trinajstić information content (AvgIpc) is 2.72. The lowest BCUT2D eigenvalue weighted by atomic mass is 10.2. The summed E-state index contributed by atoms with van der Waals surface area (Å²) in [4.78, 5) is 1.28. The largest absolute Gasteiger partial charge is 0.416 e. The summed E-state index contributed by atoms with van der Waals surface area (Å²) in [5.74, 6) is 0. The number of hydrogen-bond acceptors (Lipinski definition) is 4. The van der Waals surface area contributed by atoms with Crippen LogP contribution in [0.1, 0.15) is 5.56 Å². The summed E-state index contributed by atoms with van der Waals surface area (Å²) in [6.45, 7) is 0. The van der Waals surface area contributed by atoms with Crippen molar-refractivity contribution in [2.45, 2.75) is 30.7 Å². The standard InChI is InChI=1S/C19H9Cl4F3O3S3/c20-13-15(22)18(31-11-5-7-12(8-6-11)32(27,28)29)16(23)14(21)17(13)30-10-3-1-9(2-4-10)19(24,25)26/h1-8H,(H,27,28,29). The van der Waals surface area contributed by atoms with Gasteiger partial charge in [0.15, 0.2) is 0 Å². The van der Waals surface area contributed by atoms with E-state index in [9.17, 15) is 21.6 Å². The zero-order chi connectivity index (χ0) is 23.8. The molecule has 0 saturated carbocycles. The maximum Gasteiger partial charge on any atom is 0.416 e. The lowest BCUT2D eigenvalue weighted by Crippen LogP contribution is -2.03. The van der Waals surface area contributed by atoms with Crippen LogP contribution in [-0.4, -0.2) is 13.0 Å². The molecule has 0 spiro atoms. The van der Waals surface area contributed by atoms with E-state index in [-0.39, 0.29) is 29.9 Å². The Labute approximate surface area is 209 Å². The van der Waals surface area contributed by atoms with Crippen LogP contribution in [0.3, 0.4) is 0 Å². The van der Waals surface area contributed by atoms with Gasteiger partial charge in [0.05, 0.1) is 40.3 Å². The van der Waals surface area contributed by atoms with Gasteiger partial charge in [0, 0.05) is 9.79 Å². The maximum atomic E-state index is 12.8. The molecule has 0 aliphatic rings. The molecule has 3 nitrogen and oxygen atoms in total. The van der Waals surface area contributed by atoms with Crippen LogP contribution >= 0.6 is 69.9 Å². The quantitative estimate of drug-likeness (QED) is 0.241. The van der Waals surface area contributed by atoms with E-state index in [4.69, 9.17) is 51.0 Å². The van der Waals surface area contributed by atoms with E-state index < -0.39 is 21.9 Å². The molecule has 3 rings (SSSR count). The fourth-order valence-electron chi connectivity index (χ4n) is 2.40. The summed E-state index contributed by atoms with van der Waals surface area (Å²) in [6, 6.07) is 9.72. The van der Waals surface area contributed by atoms with Gasteiger partial charge in [-0.1, -0.05) is 69.9 Å². The van der Waals surface area contributed by atoms with Crippen LogP contribution in [0.5, 0.6) is 0 Å². The van der Waals surface area contributed by atoms with Gasteiger partial charge in [-0.05, 0) is 48.5 Å². The summed E-state index contributed by atoms with van der Waals surface area (Å²) in [7, 11) is -4.34. The molecule has 3 aromatic carbocycles. The molecule has 0 aromatic heterocycles. The molecule has 13 heteroatoms. The summed E-state index contributed by atoms with van der Waals surface area (Å²) >= 11 is 27.6. The number of alkyl halides is 3. The topological polar surface area (TPSA) is 54.4 Å². The lowest BCUT2D eigenvalue weighted by molar-refractivity contribution is -0.137. The van der Waals surface area contributed by atoms with Crippen molar-refractivity contribution in [3.63, 3.8) is 0 Å². The van der Waals surface area contributed by atoms with Crippen LogP contribution in [0.25, 0.3) is 0 Å². The fourth-order valence-corrected chi connectivity index (χ4v) is 6.20. The van der Waals surface area contributed by atoms with Gasteiger partial charge in [-0.25, -0.2) is 0 Å². The first-order chi connectivity index (χ1) is 14.8. The van der Waals surface area contributed by atoms with Gasteiger partial charge in [0.2, 0.25) is 0 Å². The minimum absolute atomic E-state index is 0.0584. The summed E-state index contributed by atoms with van der Waals surface area (Å²) < 4.78 is 69.7. The number of halogens is 7. The normalized spacial score (nSPS) is 12.2. The highest BCUT2D eigenvalue weighted by Gasteiger charge is 2.30. The Balaban J connectivity index is 1.92. The minimum atomic E-state index is -4.45. The molecule has 0 heterocycles. The second-order valence-electron chi connectivity index (χ2n) is 6.09. The number of rotatable bonds is 5. The molecule has 0 radical (unpaired) electrons. The van der Waals surface area contributed by atoms with Gasteiger partial charge < -0.3 is 0 Å². The van der Waals surface area contributed by atoms with Crippen molar-refractivity contribution >= 4 is 80.0 Å². The van der Waals surface area contributed by atoms with Crippen molar-refractivity contribution in [2.75, 3.05) is 0 Å². The van der Waals surface area contributed by atoms with Gasteiger partial charge in [-0.2, -0.15) is 21.6 Å². The van der Waals surface area contributed by atoms with Gasteiger partial charge in [0.1, 0.15) is 0 Å². The highest BCUT2D eigenvalue weighted by Crippen LogP contribution is 2.52. The van der Waals surface area contributed by atoms with Gasteiger partial charge >= 0.3 is 6.18 Å². The molecule has 3 aromatic rings. The minimum Gasteiger partial charge on any atom is -0.282 e. The van der Waals surface area contributed by atoms with Crippen LogP contribution in [0.15, 0.2) is 73.0 Å². The van der Waals surface area contributed by atoms with E-state index in [2.05, 4.69) is 0 Å². The third kappa shape index (κ3) is 5.82. The van der Waals surface area contributed by atoms with Crippen molar-refractivity contribution in [3.8, 4) is 0 Å². The van der Waals surface area contributed by atoms with E-state index in [1.54, 1.807) is 0 Å². The van der Waals surface area contributed by atoms with Crippen LogP contribution in [0, 0.1) is 0 Å². The molecule has 0 atom stereocenters. The monoisotopic (exact) mass is 578 g/mol. The van der Waals surface area contributed by atoms with E-state index >= 15 is 0 Å². The van der Waals surface area contributed by atoms with Crippen LogP contribution in [0.4, 0.5) is 13.2 Å². The molecule has 0 fully saturated rings. The smallest absolute Gasteiger partial charge is 0.282 e. The summed E-state index contributed by atoms with van der Waals surface area (Å²) in [5.41, 5.74) is -0.790. The Hall–Kier alpha value is -0.780. The molecule has 170 valence electrons. The van der Waals surface area contributed by atoms with Crippen molar-refractivity contribution in [1.29, 1.82) is 0 Å². The van der Waals surface area contributed by atoms with Crippen LogP contribution in [0.2, 0.25) is 20.1 Å². The highest BCUT2D eigenvalue weighted by molar-refractivity contribution is 8.00. The first-order valence-corrected chi connectivity index (χ1v) is 12.8. The summed E-state index contributed by atoms with van der Waals surface area (Å²) in [6.07, 6.45) is -4.45. The first-order valence-electron chi connectivity index (χ1n) is 8.25. The van der Waals surface area contributed by atoms with Crippen molar-refractivity contribution in [3.05, 3.63) is 74.2 Å². The van der Waals surface area contributed by atoms with E-state index in [1.807, 2.05) is 0 Å². The second kappa shape index (κ2) is 9.84. The summed E-state index contributed by atoms with van der Waals surface area (Å²) in [5, 5.41) is 0.254. The second-order valence-corrected chi connectivity index (χ2v) is 11.2. The van der Waals surface area contributed by atoms with E-state index in [0.29, 0.717) is 14.7 Å². The Bertz CT molecular complexity index is 1240. The molecule has 32 heavy (non-hydrogen) atoms.